The minimum absolute atomic E-state index is 0.0664. The van der Waals surface area contributed by atoms with E-state index in [0.29, 0.717) is 17.6 Å². The molecule has 2 bridgehead atoms. The minimum atomic E-state index is -0.519. The third-order valence-corrected chi connectivity index (χ3v) is 5.63. The zero-order valence-corrected chi connectivity index (χ0v) is 13.9. The van der Waals surface area contributed by atoms with Gasteiger partial charge >= 0.3 is 0 Å². The van der Waals surface area contributed by atoms with Crippen LogP contribution >= 0.6 is 0 Å². The third kappa shape index (κ3) is 2.71. The summed E-state index contributed by atoms with van der Waals surface area (Å²) in [5.41, 5.74) is 4.13. The maximum atomic E-state index is 11.6. The van der Waals surface area contributed by atoms with Gasteiger partial charge in [-0.3, -0.25) is 19.9 Å². The Hall–Kier alpha value is -1.54. The Balaban J connectivity index is 1.56. The number of fused-ring (bicyclic) bond motifs is 3. The van der Waals surface area contributed by atoms with E-state index < -0.39 is 5.91 Å². The van der Waals surface area contributed by atoms with E-state index in [1.807, 2.05) is 6.07 Å². The number of pyridine rings is 1. The van der Waals surface area contributed by atoms with E-state index >= 15 is 0 Å². The summed E-state index contributed by atoms with van der Waals surface area (Å²) in [5, 5.41) is 12.3. The summed E-state index contributed by atoms with van der Waals surface area (Å²) in [5.74, 6) is -0.519. The van der Waals surface area contributed by atoms with Gasteiger partial charge in [-0.1, -0.05) is 6.92 Å². The highest BCUT2D eigenvalue weighted by atomic mass is 16.5. The summed E-state index contributed by atoms with van der Waals surface area (Å²) in [6, 6.07) is 2.79. The lowest BCUT2D eigenvalue weighted by molar-refractivity contribution is -0.0424. The van der Waals surface area contributed by atoms with E-state index in [4.69, 9.17) is 9.94 Å². The molecule has 3 aliphatic rings. The van der Waals surface area contributed by atoms with Crippen LogP contribution in [0.25, 0.3) is 0 Å². The van der Waals surface area contributed by atoms with Gasteiger partial charge in [-0.2, -0.15) is 0 Å². The first kappa shape index (κ1) is 16.0. The molecule has 1 aromatic heterocycles. The van der Waals surface area contributed by atoms with E-state index in [1.165, 1.54) is 6.20 Å². The molecule has 7 nitrogen and oxygen atoms in total. The normalized spacial score (nSPS) is 31.9. The highest BCUT2D eigenvalue weighted by Gasteiger charge is 2.48. The van der Waals surface area contributed by atoms with Crippen molar-refractivity contribution in [1.29, 1.82) is 0 Å². The molecule has 1 aromatic rings. The fourth-order valence-corrected chi connectivity index (χ4v) is 4.30. The van der Waals surface area contributed by atoms with Crippen LogP contribution in [0.5, 0.6) is 0 Å². The average molecular weight is 332 g/mol. The van der Waals surface area contributed by atoms with Crippen LogP contribution in [-0.2, 0) is 17.7 Å². The van der Waals surface area contributed by atoms with Crippen molar-refractivity contribution in [3.63, 3.8) is 0 Å². The number of carbonyl (C=O) groups excluding carboxylic acids is 1. The zero-order valence-electron chi connectivity index (χ0n) is 13.9. The van der Waals surface area contributed by atoms with E-state index in [-0.39, 0.29) is 5.60 Å². The van der Waals surface area contributed by atoms with E-state index in [2.05, 4.69) is 22.1 Å². The highest BCUT2D eigenvalue weighted by molar-refractivity contribution is 5.93. The molecule has 3 N–H and O–H groups in total. The Morgan fingerprint density at radius 1 is 1.62 bits per heavy atom. The van der Waals surface area contributed by atoms with Crippen LogP contribution in [0.4, 0.5) is 0 Å². The maximum absolute atomic E-state index is 11.6. The molecule has 0 radical (unpaired) electrons. The smallest absolute Gasteiger partial charge is 0.276 e. The van der Waals surface area contributed by atoms with E-state index in [1.54, 1.807) is 5.48 Å². The molecule has 2 fully saturated rings. The fourth-order valence-electron chi connectivity index (χ4n) is 4.30. The molecule has 2 saturated heterocycles. The molecule has 4 rings (SSSR count). The van der Waals surface area contributed by atoms with Gasteiger partial charge in [0.2, 0.25) is 0 Å². The lowest BCUT2D eigenvalue weighted by Crippen LogP contribution is -2.52. The lowest BCUT2D eigenvalue weighted by atomic mass is 9.93. The Morgan fingerprint density at radius 3 is 3.12 bits per heavy atom. The van der Waals surface area contributed by atoms with Crippen molar-refractivity contribution >= 4 is 5.91 Å². The number of ether oxygens (including phenoxy) is 1. The highest BCUT2D eigenvalue weighted by Crippen LogP contribution is 2.35. The summed E-state index contributed by atoms with van der Waals surface area (Å²) >= 11 is 0. The van der Waals surface area contributed by atoms with Crippen LogP contribution < -0.4 is 10.8 Å². The lowest BCUT2D eigenvalue weighted by Gasteiger charge is -2.41. The molecule has 0 spiro atoms. The molecule has 1 amide bonds. The largest absolute Gasteiger partial charge is 0.371 e. The number of hydrogen-bond donors (Lipinski definition) is 3. The van der Waals surface area contributed by atoms with Crippen LogP contribution in [-0.4, -0.2) is 58.4 Å². The van der Waals surface area contributed by atoms with E-state index in [0.717, 1.165) is 56.8 Å². The monoisotopic (exact) mass is 332 g/mol. The summed E-state index contributed by atoms with van der Waals surface area (Å²) in [6.07, 6.45) is 4.57. The second-order valence-electron chi connectivity index (χ2n) is 7.22. The fraction of sp³-hybridized carbons (Fsp3) is 0.647. The van der Waals surface area contributed by atoms with Gasteiger partial charge in [0.25, 0.3) is 5.91 Å². The Labute approximate surface area is 141 Å². The van der Waals surface area contributed by atoms with Crippen molar-refractivity contribution in [2.24, 2.45) is 0 Å². The molecule has 0 aliphatic carbocycles. The molecule has 7 heteroatoms. The summed E-state index contributed by atoms with van der Waals surface area (Å²) in [4.78, 5) is 18.6. The molecule has 4 heterocycles. The predicted molar refractivity (Wildman–Crippen MR) is 86.8 cm³/mol. The molecule has 0 aromatic carbocycles. The average Bonchev–Trinajstić information content (AvgIpc) is 3.20. The second kappa shape index (κ2) is 6.07. The second-order valence-corrected chi connectivity index (χ2v) is 7.22. The zero-order chi connectivity index (χ0) is 16.7. The SMILES string of the molecule is CC[C@H]1Cc2ncc(C(=O)NO)cc2CN1C[C@@]12CN[C@@H](CO1)C2. The number of hydroxylamine groups is 1. The Bertz CT molecular complexity index is 643. The van der Waals surface area contributed by atoms with Crippen molar-refractivity contribution in [1.82, 2.24) is 20.7 Å². The van der Waals surface area contributed by atoms with Crippen molar-refractivity contribution in [3.8, 4) is 0 Å². The van der Waals surface area contributed by atoms with Gasteiger partial charge in [0, 0.05) is 50.0 Å². The van der Waals surface area contributed by atoms with Gasteiger partial charge in [-0.25, -0.2) is 5.48 Å². The molecule has 0 saturated carbocycles. The number of aromatic nitrogens is 1. The molecule has 3 atom stereocenters. The van der Waals surface area contributed by atoms with Crippen molar-refractivity contribution in [3.05, 3.63) is 29.1 Å². The summed E-state index contributed by atoms with van der Waals surface area (Å²) in [7, 11) is 0. The van der Waals surface area contributed by atoms with Crippen LogP contribution in [0.2, 0.25) is 0 Å². The van der Waals surface area contributed by atoms with Crippen LogP contribution in [0, 0.1) is 0 Å². The number of rotatable bonds is 4. The van der Waals surface area contributed by atoms with Gasteiger partial charge in [0.1, 0.15) is 0 Å². The first-order chi connectivity index (χ1) is 11.6. The van der Waals surface area contributed by atoms with Gasteiger partial charge in [0.15, 0.2) is 0 Å². The number of hydrogen-bond acceptors (Lipinski definition) is 6. The topological polar surface area (TPSA) is 86.7 Å². The number of amides is 1. The predicted octanol–water partition coefficient (Wildman–Crippen LogP) is 0.468. The van der Waals surface area contributed by atoms with Crippen molar-refractivity contribution in [2.45, 2.75) is 50.4 Å². The van der Waals surface area contributed by atoms with Gasteiger partial charge in [-0.05, 0) is 24.5 Å². The number of nitrogens with zero attached hydrogens (tertiary/aromatic N) is 2. The molecule has 130 valence electrons. The molecule has 3 aliphatic heterocycles. The number of nitrogens with one attached hydrogen (secondary N) is 2. The molecular formula is C17H24N4O3. The standard InChI is InChI=1S/C17H24N4O3/c1-2-14-4-15-12(3-11(6-18-15)16(22)20-23)7-21(14)10-17-5-13(8-24-17)19-9-17/h3,6,13-14,19,23H,2,4-5,7-10H2,1H3,(H,20,22)/t13-,14+,17-/m1/s1. The summed E-state index contributed by atoms with van der Waals surface area (Å²) in [6.45, 7) is 5.61. The molecular weight excluding hydrogens is 308 g/mol. The molecule has 0 unspecified atom stereocenters. The van der Waals surface area contributed by atoms with Crippen LogP contribution in [0.1, 0.15) is 41.4 Å². The first-order valence-corrected chi connectivity index (χ1v) is 8.66. The van der Waals surface area contributed by atoms with Gasteiger partial charge in [-0.15, -0.1) is 0 Å². The Morgan fingerprint density at radius 2 is 2.50 bits per heavy atom. The van der Waals surface area contributed by atoms with Crippen molar-refractivity contribution in [2.75, 3.05) is 19.7 Å². The quantitative estimate of drug-likeness (QED) is 0.549. The van der Waals surface area contributed by atoms with Gasteiger partial charge in [0.05, 0.1) is 17.8 Å². The maximum Gasteiger partial charge on any atom is 0.276 e. The number of carbonyl (C=O) groups is 1. The first-order valence-electron chi connectivity index (χ1n) is 8.66. The van der Waals surface area contributed by atoms with Gasteiger partial charge < -0.3 is 10.1 Å². The van der Waals surface area contributed by atoms with Crippen LogP contribution in [0.15, 0.2) is 12.3 Å². The van der Waals surface area contributed by atoms with Crippen LogP contribution in [0.3, 0.4) is 0 Å². The molecule has 24 heavy (non-hydrogen) atoms. The minimum Gasteiger partial charge on any atom is -0.371 e. The number of morpholine rings is 1. The van der Waals surface area contributed by atoms with E-state index in [9.17, 15) is 4.79 Å². The van der Waals surface area contributed by atoms with Crippen molar-refractivity contribution < 1.29 is 14.7 Å². The Kier molecular flexibility index (Phi) is 4.04. The third-order valence-electron chi connectivity index (χ3n) is 5.63. The summed E-state index contributed by atoms with van der Waals surface area (Å²) < 4.78 is 6.09.